The number of hydrogen-bond donors (Lipinski definition) is 1. The van der Waals surface area contributed by atoms with Crippen LogP contribution in [0.5, 0.6) is 0 Å². The van der Waals surface area contributed by atoms with Gasteiger partial charge in [0.1, 0.15) is 0 Å². The summed E-state index contributed by atoms with van der Waals surface area (Å²) in [6.07, 6.45) is 1.46. The molecule has 112 valence electrons. The standard InChI is InChI=1S/C12H21F2N3S.HI/c13-12(14)3-1-2-10(8-12)9-16-11(15)17-4-6-18-7-5-17;/h10H,1-9H2,(H2,15,16);1H. The summed E-state index contributed by atoms with van der Waals surface area (Å²) in [6.45, 7) is 2.28. The van der Waals surface area contributed by atoms with Crippen LogP contribution in [0.15, 0.2) is 4.99 Å². The van der Waals surface area contributed by atoms with Gasteiger partial charge in [0.2, 0.25) is 5.92 Å². The Morgan fingerprint density at radius 3 is 2.68 bits per heavy atom. The maximum absolute atomic E-state index is 13.2. The minimum atomic E-state index is -2.49. The summed E-state index contributed by atoms with van der Waals surface area (Å²) in [5, 5.41) is 0. The van der Waals surface area contributed by atoms with Crippen molar-refractivity contribution in [2.75, 3.05) is 31.1 Å². The smallest absolute Gasteiger partial charge is 0.248 e. The normalized spacial score (nSPS) is 27.8. The molecule has 0 aromatic carbocycles. The Balaban J connectivity index is 0.00000180. The number of guanidine groups is 1. The summed E-state index contributed by atoms with van der Waals surface area (Å²) in [7, 11) is 0. The molecule has 1 aliphatic carbocycles. The number of nitrogens with two attached hydrogens (primary N) is 1. The van der Waals surface area contributed by atoms with Crippen molar-refractivity contribution in [1.82, 2.24) is 4.90 Å². The lowest BCUT2D eigenvalue weighted by Gasteiger charge is -2.29. The van der Waals surface area contributed by atoms with E-state index < -0.39 is 5.92 Å². The summed E-state index contributed by atoms with van der Waals surface area (Å²) in [5.74, 6) is 0.167. The second kappa shape index (κ2) is 7.85. The highest BCUT2D eigenvalue weighted by Gasteiger charge is 2.35. The number of nitrogens with zero attached hydrogens (tertiary/aromatic N) is 2. The van der Waals surface area contributed by atoms with Gasteiger partial charge in [-0.3, -0.25) is 4.99 Å². The predicted octanol–water partition coefficient (Wildman–Crippen LogP) is 2.79. The lowest BCUT2D eigenvalue weighted by Crippen LogP contribution is -2.43. The Morgan fingerprint density at radius 1 is 1.37 bits per heavy atom. The summed E-state index contributed by atoms with van der Waals surface area (Å²) < 4.78 is 26.5. The van der Waals surface area contributed by atoms with E-state index in [0.717, 1.165) is 31.0 Å². The Labute approximate surface area is 134 Å². The van der Waals surface area contributed by atoms with Gasteiger partial charge in [-0.15, -0.1) is 24.0 Å². The lowest BCUT2D eigenvalue weighted by atomic mass is 9.87. The first-order chi connectivity index (χ1) is 8.57. The molecule has 1 unspecified atom stereocenters. The first-order valence-electron chi connectivity index (χ1n) is 6.57. The Hall–Kier alpha value is 0.210. The molecular formula is C12H22F2IN3S. The molecule has 0 radical (unpaired) electrons. The highest BCUT2D eigenvalue weighted by molar-refractivity contribution is 14.0. The highest BCUT2D eigenvalue weighted by Crippen LogP contribution is 2.36. The second-order valence-corrected chi connectivity index (χ2v) is 6.34. The average molecular weight is 405 g/mol. The fraction of sp³-hybridized carbons (Fsp3) is 0.917. The van der Waals surface area contributed by atoms with Crippen molar-refractivity contribution in [3.63, 3.8) is 0 Å². The molecule has 2 N–H and O–H groups in total. The van der Waals surface area contributed by atoms with E-state index >= 15 is 0 Å². The summed E-state index contributed by atoms with van der Waals surface area (Å²) in [4.78, 5) is 6.37. The fourth-order valence-corrected chi connectivity index (χ4v) is 3.45. The molecule has 7 heteroatoms. The highest BCUT2D eigenvalue weighted by atomic mass is 127. The van der Waals surface area contributed by atoms with Gasteiger partial charge in [0, 0.05) is 44.0 Å². The molecule has 0 aromatic rings. The zero-order valence-electron chi connectivity index (χ0n) is 11.0. The van der Waals surface area contributed by atoms with Crippen molar-refractivity contribution < 1.29 is 8.78 Å². The maximum Gasteiger partial charge on any atom is 0.248 e. The molecule has 1 heterocycles. The number of alkyl halides is 2. The van der Waals surface area contributed by atoms with E-state index in [2.05, 4.69) is 9.89 Å². The van der Waals surface area contributed by atoms with Gasteiger partial charge in [-0.2, -0.15) is 11.8 Å². The Morgan fingerprint density at radius 2 is 2.05 bits per heavy atom. The van der Waals surface area contributed by atoms with E-state index in [-0.39, 0.29) is 42.7 Å². The monoisotopic (exact) mass is 405 g/mol. The summed E-state index contributed by atoms with van der Waals surface area (Å²) in [5.41, 5.74) is 5.91. The van der Waals surface area contributed by atoms with Crippen molar-refractivity contribution in [3.8, 4) is 0 Å². The molecule has 3 nitrogen and oxygen atoms in total. The summed E-state index contributed by atoms with van der Waals surface area (Å²) >= 11 is 1.91. The zero-order chi connectivity index (χ0) is 13.0. The van der Waals surface area contributed by atoms with Crippen LogP contribution < -0.4 is 5.73 Å². The SMILES string of the molecule is I.NC(=NCC1CCCC(F)(F)C1)N1CCSCC1. The fourth-order valence-electron chi connectivity index (χ4n) is 2.55. The van der Waals surface area contributed by atoms with Crippen molar-refractivity contribution in [3.05, 3.63) is 0 Å². The van der Waals surface area contributed by atoms with Crippen LogP contribution in [0.1, 0.15) is 25.7 Å². The molecule has 2 fully saturated rings. The third-order valence-electron chi connectivity index (χ3n) is 3.59. The van der Waals surface area contributed by atoms with Crippen LogP contribution in [-0.4, -0.2) is 47.9 Å². The quantitative estimate of drug-likeness (QED) is 0.437. The number of aliphatic imine (C=N–C) groups is 1. The van der Waals surface area contributed by atoms with Crippen molar-refractivity contribution in [2.45, 2.75) is 31.6 Å². The zero-order valence-corrected chi connectivity index (χ0v) is 14.1. The van der Waals surface area contributed by atoms with Crippen LogP contribution in [-0.2, 0) is 0 Å². The van der Waals surface area contributed by atoms with E-state index in [0.29, 0.717) is 18.9 Å². The molecule has 0 spiro atoms. The Kier molecular flexibility index (Phi) is 7.13. The van der Waals surface area contributed by atoms with Crippen molar-refractivity contribution in [2.24, 2.45) is 16.6 Å². The average Bonchev–Trinajstić information content (AvgIpc) is 2.36. The Bertz CT molecular complexity index is 309. The predicted molar refractivity (Wildman–Crippen MR) is 87.7 cm³/mol. The molecule has 0 amide bonds. The third kappa shape index (κ3) is 5.61. The second-order valence-electron chi connectivity index (χ2n) is 5.12. The third-order valence-corrected chi connectivity index (χ3v) is 4.53. The molecule has 0 bridgehead atoms. The van der Waals surface area contributed by atoms with Crippen LogP contribution in [0.4, 0.5) is 8.78 Å². The van der Waals surface area contributed by atoms with Gasteiger partial charge in [0.05, 0.1) is 0 Å². The van der Waals surface area contributed by atoms with Crippen LogP contribution >= 0.6 is 35.7 Å². The van der Waals surface area contributed by atoms with Crippen molar-refractivity contribution in [1.29, 1.82) is 0 Å². The van der Waals surface area contributed by atoms with Crippen molar-refractivity contribution >= 4 is 41.7 Å². The maximum atomic E-state index is 13.2. The van der Waals surface area contributed by atoms with Crippen LogP contribution in [0.25, 0.3) is 0 Å². The van der Waals surface area contributed by atoms with E-state index in [1.807, 2.05) is 11.8 Å². The van der Waals surface area contributed by atoms with Gasteiger partial charge in [0.25, 0.3) is 0 Å². The minimum Gasteiger partial charge on any atom is -0.370 e. The van der Waals surface area contributed by atoms with Crippen LogP contribution in [0, 0.1) is 5.92 Å². The molecule has 0 aromatic heterocycles. The van der Waals surface area contributed by atoms with Gasteiger partial charge >= 0.3 is 0 Å². The van der Waals surface area contributed by atoms with E-state index in [1.165, 1.54) is 0 Å². The molecule has 2 rings (SSSR count). The lowest BCUT2D eigenvalue weighted by molar-refractivity contribution is -0.0508. The van der Waals surface area contributed by atoms with Gasteiger partial charge in [-0.25, -0.2) is 8.78 Å². The first-order valence-corrected chi connectivity index (χ1v) is 7.73. The molecule has 2 aliphatic rings. The van der Waals surface area contributed by atoms with Crippen LogP contribution in [0.3, 0.4) is 0 Å². The molecule has 1 atom stereocenters. The van der Waals surface area contributed by atoms with E-state index in [9.17, 15) is 8.78 Å². The molecule has 1 saturated carbocycles. The molecule has 1 aliphatic heterocycles. The molecule has 1 saturated heterocycles. The molecular weight excluding hydrogens is 383 g/mol. The number of thioether (sulfide) groups is 1. The first kappa shape index (κ1) is 17.3. The largest absolute Gasteiger partial charge is 0.370 e. The number of hydrogen-bond acceptors (Lipinski definition) is 2. The van der Waals surface area contributed by atoms with Gasteiger partial charge in [-0.05, 0) is 18.8 Å². The van der Waals surface area contributed by atoms with E-state index in [1.54, 1.807) is 0 Å². The minimum absolute atomic E-state index is 0. The van der Waals surface area contributed by atoms with Gasteiger partial charge in [-0.1, -0.05) is 0 Å². The molecule has 19 heavy (non-hydrogen) atoms. The number of rotatable bonds is 2. The topological polar surface area (TPSA) is 41.6 Å². The van der Waals surface area contributed by atoms with Gasteiger partial charge in [0.15, 0.2) is 5.96 Å². The van der Waals surface area contributed by atoms with Crippen LogP contribution in [0.2, 0.25) is 0 Å². The van der Waals surface area contributed by atoms with E-state index in [4.69, 9.17) is 5.73 Å². The summed E-state index contributed by atoms with van der Waals surface area (Å²) in [6, 6.07) is 0. The number of halogens is 3. The van der Waals surface area contributed by atoms with Gasteiger partial charge < -0.3 is 10.6 Å².